The van der Waals surface area contributed by atoms with Gasteiger partial charge < -0.3 is 9.79 Å². The maximum Gasteiger partial charge on any atom is 0.400 e. The van der Waals surface area contributed by atoms with Gasteiger partial charge in [0.2, 0.25) is 0 Å². The fourth-order valence-electron chi connectivity index (χ4n) is 1.31. The molecular weight excluding hydrogens is 201 g/mol. The second-order valence-electron chi connectivity index (χ2n) is 3.57. The molecule has 0 aromatic rings. The Balaban J connectivity index is 3.03. The second-order valence-corrected chi connectivity index (χ2v) is 4.98. The van der Waals surface area contributed by atoms with E-state index in [0.717, 1.165) is 12.8 Å². The van der Waals surface area contributed by atoms with Crippen molar-refractivity contribution in [2.75, 3.05) is 6.54 Å². The van der Waals surface area contributed by atoms with Gasteiger partial charge in [0, 0.05) is 6.54 Å². The smallest absolute Gasteiger partial charge is 0.313 e. The van der Waals surface area contributed by atoms with Crippen molar-refractivity contribution in [3.63, 3.8) is 0 Å². The first kappa shape index (κ1) is 14.1. The van der Waals surface area contributed by atoms with E-state index in [1.54, 1.807) is 0 Å². The second kappa shape index (κ2) is 8.42. The van der Waals surface area contributed by atoms with Crippen LogP contribution in [0.3, 0.4) is 0 Å². The molecule has 0 aliphatic carbocycles. The highest BCUT2D eigenvalue weighted by atomic mass is 31.2. The summed E-state index contributed by atoms with van der Waals surface area (Å²) < 4.78 is 10.4. The Kier molecular flexibility index (Phi) is 8.49. The molecule has 0 bridgehead atoms. The van der Waals surface area contributed by atoms with Gasteiger partial charge in [-0.25, -0.2) is 9.65 Å². The molecule has 0 saturated carbocycles. The van der Waals surface area contributed by atoms with Crippen molar-refractivity contribution in [1.29, 1.82) is 0 Å². The molecule has 0 amide bonds. The number of hydrogen-bond acceptors (Lipinski definition) is 1. The standard InChI is InChI=1S/C9H22NO3P/c1-2-3-4-5-6-7-8-9-10-14(11,12)13/h2-9H2,1H3,(H3,10,11,12,13). The van der Waals surface area contributed by atoms with Gasteiger partial charge in [-0.2, -0.15) is 0 Å². The molecule has 5 heteroatoms. The van der Waals surface area contributed by atoms with Crippen molar-refractivity contribution in [1.82, 2.24) is 5.09 Å². The molecule has 0 radical (unpaired) electrons. The minimum absolute atomic E-state index is 0.415. The SMILES string of the molecule is CCCCCCCCCNP(=O)(O)O. The van der Waals surface area contributed by atoms with E-state index >= 15 is 0 Å². The lowest BCUT2D eigenvalue weighted by atomic mass is 10.1. The molecular formula is C9H22NO3P. The molecule has 3 N–H and O–H groups in total. The first-order valence-electron chi connectivity index (χ1n) is 5.37. The third kappa shape index (κ3) is 12.1. The Morgan fingerprint density at radius 1 is 1.00 bits per heavy atom. The van der Waals surface area contributed by atoms with Crippen LogP contribution in [0.5, 0.6) is 0 Å². The Labute approximate surface area is 86.3 Å². The highest BCUT2D eigenvalue weighted by Crippen LogP contribution is 2.27. The van der Waals surface area contributed by atoms with Gasteiger partial charge in [0.15, 0.2) is 0 Å². The van der Waals surface area contributed by atoms with E-state index in [1.165, 1.54) is 32.1 Å². The number of nitrogens with one attached hydrogen (secondary N) is 1. The van der Waals surface area contributed by atoms with Crippen molar-refractivity contribution in [3.05, 3.63) is 0 Å². The zero-order valence-corrected chi connectivity index (χ0v) is 9.80. The fraction of sp³-hybridized carbons (Fsp3) is 1.00. The molecule has 0 aliphatic heterocycles. The molecule has 0 spiro atoms. The van der Waals surface area contributed by atoms with Gasteiger partial charge in [-0.3, -0.25) is 0 Å². The van der Waals surface area contributed by atoms with Crippen LogP contribution < -0.4 is 5.09 Å². The highest BCUT2D eigenvalue weighted by Gasteiger charge is 2.09. The van der Waals surface area contributed by atoms with Gasteiger partial charge in [0.05, 0.1) is 0 Å². The topological polar surface area (TPSA) is 69.6 Å². The average molecular weight is 223 g/mol. The van der Waals surface area contributed by atoms with Crippen LogP contribution in [0.15, 0.2) is 0 Å². The van der Waals surface area contributed by atoms with E-state index in [9.17, 15) is 4.57 Å². The van der Waals surface area contributed by atoms with Gasteiger partial charge >= 0.3 is 7.75 Å². The molecule has 86 valence electrons. The zero-order valence-electron chi connectivity index (χ0n) is 8.91. The van der Waals surface area contributed by atoms with E-state index in [4.69, 9.17) is 9.79 Å². The van der Waals surface area contributed by atoms with Crippen molar-refractivity contribution in [2.45, 2.75) is 51.9 Å². The summed E-state index contributed by atoms with van der Waals surface area (Å²) in [7, 11) is -3.98. The molecule has 4 nitrogen and oxygen atoms in total. The molecule has 0 unspecified atom stereocenters. The molecule has 0 rings (SSSR count). The van der Waals surface area contributed by atoms with Gasteiger partial charge in [0.1, 0.15) is 0 Å². The van der Waals surface area contributed by atoms with E-state index in [1.807, 2.05) is 0 Å². The van der Waals surface area contributed by atoms with Gasteiger partial charge in [-0.05, 0) is 6.42 Å². The molecule has 0 aliphatic rings. The van der Waals surface area contributed by atoms with Crippen molar-refractivity contribution in [3.8, 4) is 0 Å². The third-order valence-electron chi connectivity index (χ3n) is 2.10. The Hall–Kier alpha value is 0.110. The van der Waals surface area contributed by atoms with Crippen LogP contribution in [-0.2, 0) is 4.57 Å². The molecule has 0 fully saturated rings. The maximum absolute atomic E-state index is 10.4. The Bertz CT molecular complexity index is 169. The zero-order chi connectivity index (χ0) is 10.9. The molecule has 0 atom stereocenters. The predicted octanol–water partition coefficient (Wildman–Crippen LogP) is 2.42. The van der Waals surface area contributed by atoms with Crippen LogP contribution in [0.1, 0.15) is 51.9 Å². The number of unbranched alkanes of at least 4 members (excludes halogenated alkanes) is 6. The Morgan fingerprint density at radius 3 is 2.00 bits per heavy atom. The number of hydrogen-bond donors (Lipinski definition) is 3. The summed E-state index contributed by atoms with van der Waals surface area (Å²) in [5.74, 6) is 0. The van der Waals surface area contributed by atoms with E-state index in [2.05, 4.69) is 12.0 Å². The minimum Gasteiger partial charge on any atom is -0.313 e. The lowest BCUT2D eigenvalue weighted by Crippen LogP contribution is -2.10. The summed E-state index contributed by atoms with van der Waals surface area (Å²) in [6.07, 6.45) is 8.13. The summed E-state index contributed by atoms with van der Waals surface area (Å²) in [6, 6.07) is 0. The summed E-state index contributed by atoms with van der Waals surface area (Å²) in [5.41, 5.74) is 0. The Morgan fingerprint density at radius 2 is 1.50 bits per heavy atom. The van der Waals surface area contributed by atoms with Crippen LogP contribution in [0.25, 0.3) is 0 Å². The van der Waals surface area contributed by atoms with E-state index < -0.39 is 7.75 Å². The summed E-state index contributed by atoms with van der Waals surface area (Å²) in [5, 5.41) is 2.19. The van der Waals surface area contributed by atoms with Gasteiger partial charge in [-0.1, -0.05) is 45.4 Å². The fourth-order valence-corrected chi connectivity index (χ4v) is 1.76. The molecule has 0 heterocycles. The lowest BCUT2D eigenvalue weighted by molar-refractivity contribution is 0.356. The van der Waals surface area contributed by atoms with Gasteiger partial charge in [0.25, 0.3) is 0 Å². The first-order valence-corrected chi connectivity index (χ1v) is 6.98. The van der Waals surface area contributed by atoms with Crippen molar-refractivity contribution < 1.29 is 14.4 Å². The normalized spacial score (nSPS) is 11.9. The molecule has 0 aromatic carbocycles. The van der Waals surface area contributed by atoms with Crippen LogP contribution >= 0.6 is 7.75 Å². The summed E-state index contributed by atoms with van der Waals surface area (Å²) in [6.45, 7) is 2.60. The van der Waals surface area contributed by atoms with E-state index in [-0.39, 0.29) is 0 Å². The summed E-state index contributed by atoms with van der Waals surface area (Å²) in [4.78, 5) is 17.0. The minimum atomic E-state index is -3.98. The first-order chi connectivity index (χ1) is 6.56. The van der Waals surface area contributed by atoms with Crippen LogP contribution in [0, 0.1) is 0 Å². The summed E-state index contributed by atoms with van der Waals surface area (Å²) >= 11 is 0. The predicted molar refractivity (Wildman–Crippen MR) is 58.0 cm³/mol. The van der Waals surface area contributed by atoms with E-state index in [0.29, 0.717) is 6.54 Å². The van der Waals surface area contributed by atoms with Crippen LogP contribution in [0.4, 0.5) is 0 Å². The quantitative estimate of drug-likeness (QED) is 0.414. The van der Waals surface area contributed by atoms with Crippen LogP contribution in [-0.4, -0.2) is 16.3 Å². The van der Waals surface area contributed by atoms with Crippen molar-refractivity contribution >= 4 is 7.75 Å². The largest absolute Gasteiger partial charge is 0.400 e. The molecule has 14 heavy (non-hydrogen) atoms. The average Bonchev–Trinajstić information content (AvgIpc) is 2.08. The third-order valence-corrected chi connectivity index (χ3v) is 2.73. The van der Waals surface area contributed by atoms with Gasteiger partial charge in [-0.15, -0.1) is 0 Å². The molecule has 0 saturated heterocycles. The highest BCUT2D eigenvalue weighted by molar-refractivity contribution is 7.49. The number of rotatable bonds is 9. The molecule has 0 aromatic heterocycles. The van der Waals surface area contributed by atoms with Crippen LogP contribution in [0.2, 0.25) is 0 Å². The monoisotopic (exact) mass is 223 g/mol. The lowest BCUT2D eigenvalue weighted by Gasteiger charge is -2.05. The van der Waals surface area contributed by atoms with Crippen molar-refractivity contribution in [2.24, 2.45) is 0 Å². The maximum atomic E-state index is 10.4.